The molecule has 0 radical (unpaired) electrons. The van der Waals surface area contributed by atoms with Gasteiger partial charge in [0.15, 0.2) is 12.0 Å². The number of benzene rings is 1. The second kappa shape index (κ2) is 12.8. The highest BCUT2D eigenvalue weighted by atomic mass is 16.6. The number of carbonyl (C=O) groups excluding carboxylic acids is 3. The van der Waals surface area contributed by atoms with Gasteiger partial charge in [-0.15, -0.1) is 0 Å². The number of aryl methyl sites for hydroxylation is 1. The summed E-state index contributed by atoms with van der Waals surface area (Å²) in [4.78, 5) is 56.0. The second-order valence-electron chi connectivity index (χ2n) is 10.5. The number of likely N-dealkylation sites (tertiary alicyclic amines) is 2. The van der Waals surface area contributed by atoms with Crippen molar-refractivity contribution < 1.29 is 29.0 Å². The van der Waals surface area contributed by atoms with E-state index in [0.29, 0.717) is 26.1 Å². The Labute approximate surface area is 228 Å². The number of rotatable bonds is 8. The van der Waals surface area contributed by atoms with Crippen molar-refractivity contribution in [2.24, 2.45) is 17.6 Å². The first-order valence-electron chi connectivity index (χ1n) is 13.7. The lowest BCUT2D eigenvalue weighted by atomic mass is 9.78. The maximum absolute atomic E-state index is 13.1. The van der Waals surface area contributed by atoms with Crippen LogP contribution >= 0.6 is 0 Å². The van der Waals surface area contributed by atoms with Gasteiger partial charge in [-0.2, -0.15) is 0 Å². The number of hydrogen-bond acceptors (Lipinski definition) is 6. The maximum Gasteiger partial charge on any atom is 0.409 e. The molecule has 0 bridgehead atoms. The number of guanidine groups is 1. The van der Waals surface area contributed by atoms with E-state index in [1.54, 1.807) is 4.90 Å². The summed E-state index contributed by atoms with van der Waals surface area (Å²) in [5.41, 5.74) is 6.84. The number of carboxylic acids is 1. The molecule has 12 heteroatoms. The van der Waals surface area contributed by atoms with Crippen molar-refractivity contribution in [2.45, 2.75) is 44.6 Å². The van der Waals surface area contributed by atoms with Crippen LogP contribution in [0.2, 0.25) is 0 Å². The molecular formula is C27H38N6O6. The van der Waals surface area contributed by atoms with Gasteiger partial charge in [-0.1, -0.05) is 30.3 Å². The normalized spacial score (nSPS) is 23.3. The van der Waals surface area contributed by atoms with Gasteiger partial charge in [-0.05, 0) is 50.0 Å². The second-order valence-corrected chi connectivity index (χ2v) is 10.5. The van der Waals surface area contributed by atoms with Gasteiger partial charge in [0, 0.05) is 39.3 Å². The van der Waals surface area contributed by atoms with E-state index >= 15 is 0 Å². The number of urea groups is 1. The third-order valence-corrected chi connectivity index (χ3v) is 7.86. The maximum atomic E-state index is 13.1. The summed E-state index contributed by atoms with van der Waals surface area (Å²) in [7, 11) is 0. The first-order chi connectivity index (χ1) is 18.8. The minimum absolute atomic E-state index is 0.0303. The number of unbranched alkanes of at least 4 members (excludes halogenated alkanes) is 1. The van der Waals surface area contributed by atoms with E-state index in [0.717, 1.165) is 37.0 Å². The number of carboxylic acid groups (broad SMARTS) is 1. The molecule has 12 nitrogen and oxygen atoms in total. The van der Waals surface area contributed by atoms with Crippen LogP contribution in [0.15, 0.2) is 30.3 Å². The van der Waals surface area contributed by atoms with Gasteiger partial charge in [0.1, 0.15) is 0 Å². The number of nitrogens with zero attached hydrogens (tertiary/aromatic N) is 4. The lowest BCUT2D eigenvalue weighted by Gasteiger charge is -2.47. The Bertz CT molecular complexity index is 1060. The number of nitrogens with one attached hydrogen (secondary N) is 1. The van der Waals surface area contributed by atoms with Crippen LogP contribution in [0, 0.1) is 17.2 Å². The first kappa shape index (κ1) is 28.2. The van der Waals surface area contributed by atoms with Gasteiger partial charge in [0.2, 0.25) is 5.91 Å². The first-order valence-corrected chi connectivity index (χ1v) is 13.7. The molecule has 4 rings (SSSR count). The molecule has 3 aliphatic rings. The number of piperidine rings is 1. The van der Waals surface area contributed by atoms with Gasteiger partial charge >= 0.3 is 18.1 Å². The average Bonchev–Trinajstić information content (AvgIpc) is 2.94. The highest BCUT2D eigenvalue weighted by molar-refractivity contribution is 6.07. The molecule has 4 amide bonds. The molecule has 4 N–H and O–H groups in total. The zero-order valence-corrected chi connectivity index (χ0v) is 22.2. The molecule has 0 saturated carbocycles. The van der Waals surface area contributed by atoms with Crippen LogP contribution in [0.3, 0.4) is 0 Å². The van der Waals surface area contributed by atoms with E-state index in [1.165, 1.54) is 15.4 Å². The van der Waals surface area contributed by atoms with E-state index in [1.807, 2.05) is 18.2 Å². The standard InChI is InChI=1S/C27H38N6O6/c28-25(29)32-11-6-10-20(18-32)17-21-22(24(35)36)33(23(21)34)26(37)30-12-14-31(15-13-30)27(38)39-16-5-4-9-19-7-2-1-3-8-19/h1-3,7-8,20-22H,4-6,9-18H2,(H3,28,29)(H,35,36). The molecule has 3 atom stereocenters. The van der Waals surface area contributed by atoms with Crippen LogP contribution in [-0.2, 0) is 20.7 Å². The number of nitrogens with two attached hydrogens (primary N) is 1. The fourth-order valence-corrected chi connectivity index (χ4v) is 5.67. The molecule has 3 heterocycles. The summed E-state index contributed by atoms with van der Waals surface area (Å²) in [6.07, 6.45) is 4.12. The van der Waals surface area contributed by atoms with E-state index < -0.39 is 36.0 Å². The van der Waals surface area contributed by atoms with Crippen molar-refractivity contribution in [3.8, 4) is 0 Å². The number of piperazine rings is 1. The number of amides is 4. The molecule has 3 fully saturated rings. The molecule has 3 unspecified atom stereocenters. The molecule has 0 spiro atoms. The molecule has 0 aromatic heterocycles. The van der Waals surface area contributed by atoms with Gasteiger partial charge in [0.05, 0.1) is 12.5 Å². The number of imide groups is 1. The summed E-state index contributed by atoms with van der Waals surface area (Å²) in [6, 6.07) is 8.27. The molecule has 3 saturated heterocycles. The number of ether oxygens (including phenoxy) is 1. The highest BCUT2D eigenvalue weighted by Gasteiger charge is 2.56. The largest absolute Gasteiger partial charge is 0.480 e. The van der Waals surface area contributed by atoms with Crippen molar-refractivity contribution in [3.05, 3.63) is 35.9 Å². The van der Waals surface area contributed by atoms with Crippen molar-refractivity contribution in [2.75, 3.05) is 45.9 Å². The van der Waals surface area contributed by atoms with Gasteiger partial charge in [0.25, 0.3) is 0 Å². The van der Waals surface area contributed by atoms with Crippen LogP contribution in [0.4, 0.5) is 9.59 Å². The van der Waals surface area contributed by atoms with Crippen LogP contribution in [0.1, 0.15) is 37.7 Å². The Morgan fingerprint density at radius 3 is 2.36 bits per heavy atom. The van der Waals surface area contributed by atoms with Crippen molar-refractivity contribution >= 4 is 30.0 Å². The van der Waals surface area contributed by atoms with E-state index in [4.69, 9.17) is 15.9 Å². The average molecular weight is 543 g/mol. The van der Waals surface area contributed by atoms with Gasteiger partial charge < -0.3 is 30.3 Å². The summed E-state index contributed by atoms with van der Waals surface area (Å²) in [6.45, 7) is 2.38. The predicted molar refractivity (Wildman–Crippen MR) is 142 cm³/mol. The minimum atomic E-state index is -1.21. The quantitative estimate of drug-likeness (QED) is 0.194. The van der Waals surface area contributed by atoms with Crippen molar-refractivity contribution in [1.29, 1.82) is 5.41 Å². The number of hydrogen-bond donors (Lipinski definition) is 3. The van der Waals surface area contributed by atoms with Crippen molar-refractivity contribution in [1.82, 2.24) is 19.6 Å². The molecule has 1 aromatic carbocycles. The van der Waals surface area contributed by atoms with Crippen LogP contribution in [-0.4, -0.2) is 107 Å². The number of carbonyl (C=O) groups is 4. The minimum Gasteiger partial charge on any atom is -0.480 e. The Hall–Kier alpha value is -3.83. The van der Waals surface area contributed by atoms with Crippen LogP contribution in [0.5, 0.6) is 0 Å². The molecular weight excluding hydrogens is 504 g/mol. The van der Waals surface area contributed by atoms with E-state index in [-0.39, 0.29) is 38.1 Å². The Morgan fingerprint density at radius 2 is 1.69 bits per heavy atom. The fourth-order valence-electron chi connectivity index (χ4n) is 5.67. The molecule has 39 heavy (non-hydrogen) atoms. The zero-order chi connectivity index (χ0) is 27.9. The molecule has 0 aliphatic carbocycles. The van der Waals surface area contributed by atoms with Crippen LogP contribution < -0.4 is 5.73 Å². The Kier molecular flexibility index (Phi) is 9.26. The van der Waals surface area contributed by atoms with Gasteiger partial charge in [-0.3, -0.25) is 10.2 Å². The fraction of sp³-hybridized carbons (Fsp3) is 0.593. The Balaban J connectivity index is 1.20. The summed E-state index contributed by atoms with van der Waals surface area (Å²) >= 11 is 0. The number of aliphatic carboxylic acids is 1. The summed E-state index contributed by atoms with van der Waals surface area (Å²) in [5.74, 6) is -2.46. The lowest BCUT2D eigenvalue weighted by Crippen LogP contribution is -2.70. The predicted octanol–water partition coefficient (Wildman–Crippen LogP) is 1.79. The SMILES string of the molecule is N=C(N)N1CCCC(CC2C(=O)N(C(=O)N3CCN(C(=O)OCCCCc4ccccc4)CC3)C2C(=O)O)C1. The van der Waals surface area contributed by atoms with Gasteiger partial charge in [-0.25, -0.2) is 19.3 Å². The summed E-state index contributed by atoms with van der Waals surface area (Å²) in [5, 5.41) is 17.5. The van der Waals surface area contributed by atoms with Crippen molar-refractivity contribution in [3.63, 3.8) is 0 Å². The Morgan fingerprint density at radius 1 is 1.00 bits per heavy atom. The molecule has 212 valence electrons. The molecule has 3 aliphatic heterocycles. The summed E-state index contributed by atoms with van der Waals surface area (Å²) < 4.78 is 5.39. The third kappa shape index (κ3) is 6.79. The molecule has 1 aromatic rings. The number of β-lactam (4-membered cyclic amide) rings is 1. The third-order valence-electron chi connectivity index (χ3n) is 7.86. The van der Waals surface area contributed by atoms with E-state index in [2.05, 4.69) is 12.1 Å². The monoisotopic (exact) mass is 542 g/mol. The topological polar surface area (TPSA) is 161 Å². The highest BCUT2D eigenvalue weighted by Crippen LogP contribution is 2.36. The van der Waals surface area contributed by atoms with Crippen LogP contribution in [0.25, 0.3) is 0 Å². The lowest BCUT2D eigenvalue weighted by molar-refractivity contribution is -0.167. The smallest absolute Gasteiger partial charge is 0.409 e. The van der Waals surface area contributed by atoms with E-state index in [9.17, 15) is 24.3 Å². The zero-order valence-electron chi connectivity index (χ0n) is 22.2.